The number of hydrogen-bond acceptors (Lipinski definition) is 4. The van der Waals surface area contributed by atoms with Gasteiger partial charge in [-0.05, 0) is 49.8 Å². The van der Waals surface area contributed by atoms with Crippen LogP contribution in [-0.4, -0.2) is 30.4 Å². The molecule has 110 valence electrons. The first-order valence-corrected chi connectivity index (χ1v) is 7.34. The van der Waals surface area contributed by atoms with Crippen LogP contribution in [0.5, 0.6) is 11.5 Å². The first-order chi connectivity index (χ1) is 9.63. The van der Waals surface area contributed by atoms with Gasteiger partial charge in [0.1, 0.15) is 11.5 Å². The molecule has 0 saturated heterocycles. The average molecular weight is 278 g/mol. The van der Waals surface area contributed by atoms with Crippen LogP contribution in [0.4, 0.5) is 0 Å². The minimum atomic E-state index is -1.55. The fourth-order valence-corrected chi connectivity index (χ4v) is 2.80. The van der Waals surface area contributed by atoms with Gasteiger partial charge in [-0.2, -0.15) is 0 Å². The zero-order chi connectivity index (χ0) is 14.5. The molecule has 2 rings (SSSR count). The van der Waals surface area contributed by atoms with Gasteiger partial charge in [-0.25, -0.2) is 0 Å². The Hall–Kier alpha value is -1.20. The lowest BCUT2D eigenvalue weighted by Crippen LogP contribution is -2.34. The van der Waals surface area contributed by atoms with Gasteiger partial charge in [-0.15, -0.1) is 0 Å². The van der Waals surface area contributed by atoms with Crippen molar-refractivity contribution in [1.29, 1.82) is 0 Å². The number of benzene rings is 1. The molecule has 2 N–H and O–H groups in total. The maximum Gasteiger partial charge on any atom is 0.492 e. The fourth-order valence-electron chi connectivity index (χ4n) is 2.80. The van der Waals surface area contributed by atoms with Crippen molar-refractivity contribution in [2.75, 3.05) is 7.11 Å². The molecule has 0 atom stereocenters. The predicted octanol–water partition coefficient (Wildman–Crippen LogP) is 1.72. The Labute approximate surface area is 120 Å². The van der Waals surface area contributed by atoms with Gasteiger partial charge in [0.15, 0.2) is 0 Å². The molecule has 1 aliphatic rings. The molecule has 0 unspecified atom stereocenters. The third-order valence-corrected chi connectivity index (χ3v) is 4.16. The summed E-state index contributed by atoms with van der Waals surface area (Å²) in [4.78, 5) is 0. The summed E-state index contributed by atoms with van der Waals surface area (Å²) < 4.78 is 11.1. The number of ether oxygens (including phenoxy) is 2. The lowest BCUT2D eigenvalue weighted by molar-refractivity contribution is 0.130. The van der Waals surface area contributed by atoms with Gasteiger partial charge in [-0.1, -0.05) is 13.3 Å². The first-order valence-electron chi connectivity index (χ1n) is 7.34. The molecule has 0 aliphatic heterocycles. The molecule has 20 heavy (non-hydrogen) atoms. The van der Waals surface area contributed by atoms with Crippen LogP contribution in [-0.2, 0) is 0 Å². The molecular formula is C15H23BO4. The minimum Gasteiger partial charge on any atom is -0.497 e. The van der Waals surface area contributed by atoms with E-state index in [-0.39, 0.29) is 6.10 Å². The van der Waals surface area contributed by atoms with Gasteiger partial charge in [0.05, 0.1) is 13.2 Å². The smallest absolute Gasteiger partial charge is 0.492 e. The molecule has 1 fully saturated rings. The lowest BCUT2D eigenvalue weighted by Gasteiger charge is -2.29. The van der Waals surface area contributed by atoms with Crippen molar-refractivity contribution in [3.8, 4) is 11.5 Å². The Balaban J connectivity index is 2.05. The standard InChI is InChI=1S/C15H23BO4/c1-3-11-4-6-12(7-5-11)20-15-9-8-13(19-2)10-14(15)16(17)18/h8-12,17-18H,3-7H2,1-2H3. The number of rotatable bonds is 5. The van der Waals surface area contributed by atoms with Crippen LogP contribution >= 0.6 is 0 Å². The van der Waals surface area contributed by atoms with Gasteiger partial charge in [0.2, 0.25) is 0 Å². The summed E-state index contributed by atoms with van der Waals surface area (Å²) in [5.74, 6) is 1.95. The summed E-state index contributed by atoms with van der Waals surface area (Å²) in [5.41, 5.74) is 0.363. The zero-order valence-corrected chi connectivity index (χ0v) is 12.2. The molecule has 4 nitrogen and oxygen atoms in total. The average Bonchev–Trinajstić information content (AvgIpc) is 2.48. The van der Waals surface area contributed by atoms with Crippen LogP contribution in [0.25, 0.3) is 0 Å². The highest BCUT2D eigenvalue weighted by Crippen LogP contribution is 2.29. The maximum absolute atomic E-state index is 9.45. The predicted molar refractivity (Wildman–Crippen MR) is 79.5 cm³/mol. The molecule has 0 bridgehead atoms. The van der Waals surface area contributed by atoms with E-state index in [1.54, 1.807) is 25.3 Å². The molecule has 0 aromatic heterocycles. The molecule has 5 heteroatoms. The Bertz CT molecular complexity index is 428. The van der Waals surface area contributed by atoms with E-state index >= 15 is 0 Å². The van der Waals surface area contributed by atoms with Crippen LogP contribution in [0.1, 0.15) is 39.0 Å². The second kappa shape index (κ2) is 7.00. The molecule has 0 amide bonds. The van der Waals surface area contributed by atoms with E-state index in [9.17, 15) is 10.0 Å². The Morgan fingerprint density at radius 2 is 1.90 bits per heavy atom. The van der Waals surface area contributed by atoms with E-state index in [1.807, 2.05) is 0 Å². The number of hydrogen-bond donors (Lipinski definition) is 2. The Kier molecular flexibility index (Phi) is 5.32. The maximum atomic E-state index is 9.45. The summed E-state index contributed by atoms with van der Waals surface area (Å²) in [5, 5.41) is 18.9. The minimum absolute atomic E-state index is 0.170. The third kappa shape index (κ3) is 3.67. The molecule has 1 saturated carbocycles. The van der Waals surface area contributed by atoms with E-state index < -0.39 is 7.12 Å². The summed E-state index contributed by atoms with van der Waals surface area (Å²) in [6, 6.07) is 5.13. The SMILES string of the molecule is CCC1CCC(Oc2ccc(OC)cc2B(O)O)CC1. The van der Waals surface area contributed by atoms with Crippen molar-refractivity contribution in [2.45, 2.75) is 45.1 Å². The van der Waals surface area contributed by atoms with Gasteiger partial charge in [0, 0.05) is 5.46 Å². The summed E-state index contributed by atoms with van der Waals surface area (Å²) in [6.07, 6.45) is 5.85. The van der Waals surface area contributed by atoms with E-state index in [0.29, 0.717) is 17.0 Å². The highest BCUT2D eigenvalue weighted by molar-refractivity contribution is 6.59. The van der Waals surface area contributed by atoms with Gasteiger partial charge in [-0.3, -0.25) is 0 Å². The second-order valence-corrected chi connectivity index (χ2v) is 5.45. The van der Waals surface area contributed by atoms with Crippen LogP contribution < -0.4 is 14.9 Å². The molecule has 1 aliphatic carbocycles. The largest absolute Gasteiger partial charge is 0.497 e. The molecular weight excluding hydrogens is 255 g/mol. The van der Waals surface area contributed by atoms with Crippen LogP contribution in [0, 0.1) is 5.92 Å². The van der Waals surface area contributed by atoms with E-state index in [0.717, 1.165) is 18.8 Å². The molecule has 0 radical (unpaired) electrons. The van der Waals surface area contributed by atoms with Gasteiger partial charge < -0.3 is 19.5 Å². The second-order valence-electron chi connectivity index (χ2n) is 5.45. The van der Waals surface area contributed by atoms with Gasteiger partial charge >= 0.3 is 7.12 Å². The Morgan fingerprint density at radius 3 is 2.45 bits per heavy atom. The van der Waals surface area contributed by atoms with E-state index in [4.69, 9.17) is 9.47 Å². The van der Waals surface area contributed by atoms with Crippen molar-refractivity contribution < 1.29 is 19.5 Å². The topological polar surface area (TPSA) is 58.9 Å². The molecule has 0 spiro atoms. The highest BCUT2D eigenvalue weighted by Gasteiger charge is 2.24. The monoisotopic (exact) mass is 278 g/mol. The fraction of sp³-hybridized carbons (Fsp3) is 0.600. The van der Waals surface area contributed by atoms with Crippen LogP contribution in [0.3, 0.4) is 0 Å². The molecule has 0 heterocycles. The zero-order valence-electron chi connectivity index (χ0n) is 12.2. The van der Waals surface area contributed by atoms with Crippen LogP contribution in [0.2, 0.25) is 0 Å². The Morgan fingerprint density at radius 1 is 1.20 bits per heavy atom. The summed E-state index contributed by atoms with van der Waals surface area (Å²) in [7, 11) is 0.00202. The van der Waals surface area contributed by atoms with Crippen molar-refractivity contribution >= 4 is 12.6 Å². The molecule has 1 aromatic rings. The van der Waals surface area contributed by atoms with Crippen molar-refractivity contribution in [3.05, 3.63) is 18.2 Å². The lowest BCUT2D eigenvalue weighted by atomic mass is 9.79. The van der Waals surface area contributed by atoms with Gasteiger partial charge in [0.25, 0.3) is 0 Å². The molecule has 1 aromatic carbocycles. The normalized spacial score (nSPS) is 22.4. The highest BCUT2D eigenvalue weighted by atomic mass is 16.5. The summed E-state index contributed by atoms with van der Waals surface area (Å²) >= 11 is 0. The quantitative estimate of drug-likeness (QED) is 0.805. The van der Waals surface area contributed by atoms with E-state index in [1.165, 1.54) is 19.3 Å². The number of methoxy groups -OCH3 is 1. The van der Waals surface area contributed by atoms with Crippen molar-refractivity contribution in [2.24, 2.45) is 5.92 Å². The third-order valence-electron chi connectivity index (χ3n) is 4.16. The summed E-state index contributed by atoms with van der Waals surface area (Å²) in [6.45, 7) is 2.23. The van der Waals surface area contributed by atoms with Crippen molar-refractivity contribution in [1.82, 2.24) is 0 Å². The van der Waals surface area contributed by atoms with E-state index in [2.05, 4.69) is 6.92 Å². The van der Waals surface area contributed by atoms with Crippen LogP contribution in [0.15, 0.2) is 18.2 Å². The van der Waals surface area contributed by atoms with Crippen molar-refractivity contribution in [3.63, 3.8) is 0 Å². The first kappa shape index (κ1) is 15.2.